The van der Waals surface area contributed by atoms with Crippen molar-refractivity contribution in [2.75, 3.05) is 39.4 Å². The third-order valence-electron chi connectivity index (χ3n) is 9.69. The maximum absolute atomic E-state index is 13.2. The quantitative estimate of drug-likeness (QED) is 0.222. The smallest absolute Gasteiger partial charge is 0.345 e. The summed E-state index contributed by atoms with van der Waals surface area (Å²) in [7, 11) is 0. The first-order valence-corrected chi connectivity index (χ1v) is 18.0. The number of ether oxygens (including phenoxy) is 1. The van der Waals surface area contributed by atoms with E-state index in [1.54, 1.807) is 12.1 Å². The number of amides is 2. The van der Waals surface area contributed by atoms with Crippen LogP contribution >= 0.6 is 22.9 Å². The van der Waals surface area contributed by atoms with Crippen molar-refractivity contribution >= 4 is 50.8 Å². The lowest BCUT2D eigenvalue weighted by Crippen LogP contribution is -2.58. The highest BCUT2D eigenvalue weighted by molar-refractivity contribution is 7.21. The maximum Gasteiger partial charge on any atom is 0.345 e. The van der Waals surface area contributed by atoms with Gasteiger partial charge >= 0.3 is 5.97 Å². The molecule has 6 rings (SSSR count). The summed E-state index contributed by atoms with van der Waals surface area (Å²) in [5, 5.41) is 16.4. The van der Waals surface area contributed by atoms with Gasteiger partial charge in [0.1, 0.15) is 10.9 Å². The van der Waals surface area contributed by atoms with Gasteiger partial charge in [-0.05, 0) is 86.5 Å². The van der Waals surface area contributed by atoms with Crippen molar-refractivity contribution < 1.29 is 24.2 Å². The Morgan fingerprint density at radius 2 is 1.70 bits per heavy atom. The summed E-state index contributed by atoms with van der Waals surface area (Å²) < 4.78 is 6.32. The molecule has 0 spiro atoms. The number of carbonyl (C=O) groups excluding carboxylic acids is 2. The molecule has 2 saturated heterocycles. The normalized spacial score (nSPS) is 19.4. The average molecular weight is 683 g/mol. The van der Waals surface area contributed by atoms with Crippen molar-refractivity contribution in [2.45, 2.75) is 69.4 Å². The van der Waals surface area contributed by atoms with Crippen LogP contribution < -0.4 is 16.4 Å². The summed E-state index contributed by atoms with van der Waals surface area (Å²) in [4.78, 5) is 39.7. The van der Waals surface area contributed by atoms with E-state index in [4.69, 9.17) is 27.2 Å². The molecule has 0 bridgehead atoms. The molecule has 3 aliphatic rings. The van der Waals surface area contributed by atoms with Crippen molar-refractivity contribution in [1.82, 2.24) is 15.5 Å². The van der Waals surface area contributed by atoms with Crippen molar-refractivity contribution in [3.63, 3.8) is 0 Å². The number of nitrogens with zero attached hydrogens (tertiary/aromatic N) is 1. The molecule has 3 aromatic rings. The van der Waals surface area contributed by atoms with Crippen LogP contribution in [0.3, 0.4) is 0 Å². The summed E-state index contributed by atoms with van der Waals surface area (Å²) in [6.45, 7) is 5.83. The molecule has 0 unspecified atom stereocenters. The number of piperidine rings is 1. The third kappa shape index (κ3) is 9.99. The second-order valence-electron chi connectivity index (χ2n) is 13.2. The first-order valence-electron chi connectivity index (χ1n) is 16.8. The number of hydrogen-bond acceptors (Lipinski definition) is 7. The van der Waals surface area contributed by atoms with Gasteiger partial charge in [0, 0.05) is 32.7 Å². The molecule has 2 amide bonds. The predicted octanol–water partition coefficient (Wildman–Crippen LogP) is 5.49. The number of carboxylic acid groups (broad SMARTS) is 1. The molecule has 11 heteroatoms. The zero-order valence-electron chi connectivity index (χ0n) is 26.9. The van der Waals surface area contributed by atoms with Gasteiger partial charge in [-0.15, -0.1) is 11.3 Å². The molecule has 9 nitrogen and oxygen atoms in total. The maximum atomic E-state index is 13.2. The zero-order chi connectivity index (χ0) is 33.2. The second kappa shape index (κ2) is 16.9. The van der Waals surface area contributed by atoms with Gasteiger partial charge < -0.3 is 31.1 Å². The molecule has 3 fully saturated rings. The Morgan fingerprint density at radius 3 is 2.36 bits per heavy atom. The number of aromatic carboxylic acids is 1. The molecule has 3 heterocycles. The summed E-state index contributed by atoms with van der Waals surface area (Å²) in [6, 6.07) is 16.3. The van der Waals surface area contributed by atoms with Gasteiger partial charge in [0.05, 0.1) is 15.3 Å². The van der Waals surface area contributed by atoms with Gasteiger partial charge in [0.25, 0.3) is 0 Å². The summed E-state index contributed by atoms with van der Waals surface area (Å²) in [6.07, 6.45) is 8.33. The highest BCUT2D eigenvalue weighted by Gasteiger charge is 2.39. The Kier molecular flexibility index (Phi) is 12.7. The van der Waals surface area contributed by atoms with E-state index < -0.39 is 17.6 Å². The highest BCUT2D eigenvalue weighted by atomic mass is 35.5. The molecular formula is C36H47ClN4O5S. The standard InChI is InChI=1S/C27H42N4O3.C9H5ClO2S/c28-27(12-4-5-13-27)26(33)30-24(18-21-6-2-1-3-7-21)25(32)29-19-22-8-14-31(15-9-22)20-23-10-16-34-17-11-23;10-6-3-1-2-5-4-7(9(11)12)13-8(5)6/h1-3,6-7,22-24H,4-5,8-20,28H2,(H,29,32)(H,30,33);1-4H,(H,11,12)/t24-;/m1./s1. The Labute approximate surface area is 286 Å². The lowest BCUT2D eigenvalue weighted by molar-refractivity contribution is -0.132. The number of likely N-dealkylation sites (tertiary alicyclic amines) is 1. The number of rotatable bonds is 10. The minimum Gasteiger partial charge on any atom is -0.477 e. The molecule has 1 aromatic heterocycles. The second-order valence-corrected chi connectivity index (χ2v) is 14.7. The molecule has 254 valence electrons. The van der Waals surface area contributed by atoms with E-state index in [1.807, 2.05) is 42.5 Å². The van der Waals surface area contributed by atoms with E-state index in [-0.39, 0.29) is 11.8 Å². The summed E-state index contributed by atoms with van der Waals surface area (Å²) in [5.41, 5.74) is 6.55. The molecule has 47 heavy (non-hydrogen) atoms. The first-order chi connectivity index (χ1) is 22.7. The summed E-state index contributed by atoms with van der Waals surface area (Å²) >= 11 is 7.09. The van der Waals surface area contributed by atoms with Crippen LogP contribution in [-0.2, 0) is 20.7 Å². The van der Waals surface area contributed by atoms with Crippen LogP contribution in [0, 0.1) is 11.8 Å². The Balaban J connectivity index is 0.000000277. The fourth-order valence-electron chi connectivity index (χ4n) is 6.76. The first kappa shape index (κ1) is 35.3. The number of halogens is 1. The SMILES string of the molecule is NC1(C(=O)N[C@H](Cc2ccccc2)C(=O)NCC2CCN(CC3CCOCC3)CC2)CCCC1.O=C(O)c1cc2cccc(Cl)c2s1. The predicted molar refractivity (Wildman–Crippen MR) is 187 cm³/mol. The fourth-order valence-corrected chi connectivity index (χ4v) is 7.96. The van der Waals surface area contributed by atoms with Crippen LogP contribution in [0.25, 0.3) is 10.1 Å². The van der Waals surface area contributed by atoms with E-state index >= 15 is 0 Å². The van der Waals surface area contributed by atoms with Crippen molar-refractivity contribution in [3.05, 3.63) is 70.1 Å². The molecule has 0 radical (unpaired) electrons. The number of carbonyl (C=O) groups is 3. The van der Waals surface area contributed by atoms with Gasteiger partial charge in [0.2, 0.25) is 11.8 Å². The molecule has 5 N–H and O–H groups in total. The van der Waals surface area contributed by atoms with E-state index in [9.17, 15) is 14.4 Å². The molecular weight excluding hydrogens is 636 g/mol. The molecule has 2 aliphatic heterocycles. The van der Waals surface area contributed by atoms with Crippen LogP contribution in [0.15, 0.2) is 54.6 Å². The Morgan fingerprint density at radius 1 is 1.00 bits per heavy atom. The number of hydrogen-bond donors (Lipinski definition) is 4. The van der Waals surface area contributed by atoms with Crippen LogP contribution in [0.4, 0.5) is 0 Å². The number of nitrogens with two attached hydrogens (primary N) is 1. The van der Waals surface area contributed by atoms with E-state index in [0.717, 1.165) is 73.6 Å². The van der Waals surface area contributed by atoms with Crippen molar-refractivity contribution in [3.8, 4) is 0 Å². The van der Waals surface area contributed by atoms with Gasteiger partial charge in [-0.3, -0.25) is 9.59 Å². The minimum atomic E-state index is -0.905. The van der Waals surface area contributed by atoms with Gasteiger partial charge in [-0.25, -0.2) is 4.79 Å². The topological polar surface area (TPSA) is 134 Å². The van der Waals surface area contributed by atoms with Crippen LogP contribution in [-0.4, -0.2) is 78.8 Å². The van der Waals surface area contributed by atoms with E-state index in [2.05, 4.69) is 15.5 Å². The molecule has 1 saturated carbocycles. The number of thiophene rings is 1. The van der Waals surface area contributed by atoms with Crippen molar-refractivity contribution in [1.29, 1.82) is 0 Å². The number of benzene rings is 2. The van der Waals surface area contributed by atoms with Crippen molar-refractivity contribution in [2.24, 2.45) is 17.6 Å². The number of fused-ring (bicyclic) bond motifs is 1. The van der Waals surface area contributed by atoms with Crippen LogP contribution in [0.1, 0.15) is 66.6 Å². The Hall–Kier alpha value is -3.02. The average Bonchev–Trinajstić information content (AvgIpc) is 3.74. The van der Waals surface area contributed by atoms with E-state index in [1.165, 1.54) is 30.7 Å². The zero-order valence-corrected chi connectivity index (χ0v) is 28.5. The molecule has 1 aliphatic carbocycles. The molecule has 1 atom stereocenters. The Bertz CT molecular complexity index is 1480. The lowest BCUT2D eigenvalue weighted by atomic mass is 9.93. The lowest BCUT2D eigenvalue weighted by Gasteiger charge is -2.35. The third-order valence-corrected chi connectivity index (χ3v) is 11.3. The monoisotopic (exact) mass is 682 g/mol. The van der Waals surface area contributed by atoms with Gasteiger partial charge in [0.15, 0.2) is 0 Å². The number of carboxylic acids is 1. The van der Waals surface area contributed by atoms with Crippen LogP contribution in [0.2, 0.25) is 5.02 Å². The summed E-state index contributed by atoms with van der Waals surface area (Å²) in [5.74, 6) is 0.0416. The minimum absolute atomic E-state index is 0.108. The van der Waals surface area contributed by atoms with Gasteiger partial charge in [-0.2, -0.15) is 0 Å². The van der Waals surface area contributed by atoms with Gasteiger partial charge in [-0.1, -0.05) is 66.9 Å². The fraction of sp³-hybridized carbons (Fsp3) is 0.528. The van der Waals surface area contributed by atoms with Crippen LogP contribution in [0.5, 0.6) is 0 Å². The molecule has 2 aromatic carbocycles. The number of nitrogens with one attached hydrogen (secondary N) is 2. The van der Waals surface area contributed by atoms with E-state index in [0.29, 0.717) is 41.6 Å². The largest absolute Gasteiger partial charge is 0.477 e. The highest BCUT2D eigenvalue weighted by Crippen LogP contribution is 2.31.